The summed E-state index contributed by atoms with van der Waals surface area (Å²) in [6, 6.07) is 13.1. The standard InChI is InChI=1S/C21H20ClFN4O2/c22-17-3-1-2-4-19(17)27-13-18(24-25-27)21(29)26-11-9-15(10-12-26)20(28)14-5-7-16(23)8-6-14/h1-8,13,15,20,28H,9-12H2. The molecule has 29 heavy (non-hydrogen) atoms. The van der Waals surface area contributed by atoms with E-state index in [2.05, 4.69) is 10.3 Å². The Balaban J connectivity index is 1.39. The summed E-state index contributed by atoms with van der Waals surface area (Å²) in [5.41, 5.74) is 1.60. The first-order chi connectivity index (χ1) is 14.0. The first-order valence-corrected chi connectivity index (χ1v) is 9.81. The van der Waals surface area contributed by atoms with E-state index in [4.69, 9.17) is 11.6 Å². The van der Waals surface area contributed by atoms with E-state index in [1.54, 1.807) is 35.4 Å². The van der Waals surface area contributed by atoms with Crippen molar-refractivity contribution in [3.63, 3.8) is 0 Å². The van der Waals surface area contributed by atoms with Gasteiger partial charge in [0.2, 0.25) is 0 Å². The second kappa shape index (κ2) is 8.31. The zero-order valence-corrected chi connectivity index (χ0v) is 16.3. The van der Waals surface area contributed by atoms with Crippen molar-refractivity contribution < 1.29 is 14.3 Å². The van der Waals surface area contributed by atoms with E-state index in [-0.39, 0.29) is 23.3 Å². The summed E-state index contributed by atoms with van der Waals surface area (Å²) in [5, 5.41) is 19.1. The minimum absolute atomic E-state index is 0.0170. The summed E-state index contributed by atoms with van der Waals surface area (Å²) in [5.74, 6) is -0.507. The molecular formula is C21H20ClFN4O2. The van der Waals surface area contributed by atoms with Gasteiger partial charge in [-0.25, -0.2) is 9.07 Å². The van der Waals surface area contributed by atoms with Gasteiger partial charge in [0.1, 0.15) is 5.82 Å². The van der Waals surface area contributed by atoms with Crippen molar-refractivity contribution in [3.05, 3.63) is 76.8 Å². The van der Waals surface area contributed by atoms with Crippen LogP contribution in [0.25, 0.3) is 5.69 Å². The molecule has 0 saturated carbocycles. The lowest BCUT2D eigenvalue weighted by Gasteiger charge is -2.34. The molecule has 0 aliphatic carbocycles. The highest BCUT2D eigenvalue weighted by molar-refractivity contribution is 6.32. The summed E-state index contributed by atoms with van der Waals surface area (Å²) >= 11 is 6.17. The normalized spacial score (nSPS) is 16.0. The molecule has 6 nitrogen and oxygen atoms in total. The number of amides is 1. The van der Waals surface area contributed by atoms with Gasteiger partial charge in [0.25, 0.3) is 5.91 Å². The first-order valence-electron chi connectivity index (χ1n) is 9.43. The number of halogens is 2. The average molecular weight is 415 g/mol. The van der Waals surface area contributed by atoms with Crippen LogP contribution in [0.15, 0.2) is 54.7 Å². The second-order valence-electron chi connectivity index (χ2n) is 7.13. The maximum absolute atomic E-state index is 13.1. The topological polar surface area (TPSA) is 71.2 Å². The highest BCUT2D eigenvalue weighted by Crippen LogP contribution is 2.31. The molecule has 1 N–H and O–H groups in total. The molecule has 4 rings (SSSR count). The van der Waals surface area contributed by atoms with Gasteiger partial charge in [-0.05, 0) is 48.6 Å². The molecule has 0 radical (unpaired) electrons. The van der Waals surface area contributed by atoms with Crippen LogP contribution in [0.2, 0.25) is 5.02 Å². The quantitative estimate of drug-likeness (QED) is 0.707. The maximum atomic E-state index is 13.1. The summed E-state index contributed by atoms with van der Waals surface area (Å²) in [6.07, 6.45) is 2.21. The predicted molar refractivity (Wildman–Crippen MR) is 106 cm³/mol. The fourth-order valence-electron chi connectivity index (χ4n) is 3.63. The molecule has 1 aromatic heterocycles. The van der Waals surface area contributed by atoms with Gasteiger partial charge in [-0.1, -0.05) is 41.1 Å². The van der Waals surface area contributed by atoms with Crippen molar-refractivity contribution in [3.8, 4) is 5.69 Å². The van der Waals surface area contributed by atoms with Gasteiger partial charge in [-0.15, -0.1) is 5.10 Å². The van der Waals surface area contributed by atoms with Crippen LogP contribution < -0.4 is 0 Å². The number of hydrogen-bond acceptors (Lipinski definition) is 4. The lowest BCUT2D eigenvalue weighted by atomic mass is 9.87. The molecule has 1 fully saturated rings. The van der Waals surface area contributed by atoms with Crippen LogP contribution in [0.1, 0.15) is 35.0 Å². The number of carbonyl (C=O) groups is 1. The first kappa shape index (κ1) is 19.5. The molecular weight excluding hydrogens is 395 g/mol. The Hall–Kier alpha value is -2.77. The van der Waals surface area contributed by atoms with Crippen LogP contribution in [-0.4, -0.2) is 44.0 Å². The second-order valence-corrected chi connectivity index (χ2v) is 7.53. The number of para-hydroxylation sites is 1. The number of piperidine rings is 1. The van der Waals surface area contributed by atoms with Crippen molar-refractivity contribution in [2.24, 2.45) is 5.92 Å². The Morgan fingerprint density at radius 3 is 2.52 bits per heavy atom. The Morgan fingerprint density at radius 2 is 1.83 bits per heavy atom. The van der Waals surface area contributed by atoms with Gasteiger partial charge in [0, 0.05) is 13.1 Å². The molecule has 1 saturated heterocycles. The Labute approximate surface area is 172 Å². The Kier molecular flexibility index (Phi) is 5.60. The Morgan fingerprint density at radius 1 is 1.14 bits per heavy atom. The van der Waals surface area contributed by atoms with E-state index in [9.17, 15) is 14.3 Å². The number of likely N-dealkylation sites (tertiary alicyclic amines) is 1. The zero-order valence-electron chi connectivity index (χ0n) is 15.6. The van der Waals surface area contributed by atoms with Gasteiger partial charge in [-0.3, -0.25) is 4.79 Å². The van der Waals surface area contributed by atoms with Gasteiger partial charge in [0.15, 0.2) is 5.69 Å². The number of carbonyl (C=O) groups excluding carboxylic acids is 1. The largest absolute Gasteiger partial charge is 0.388 e. The van der Waals surface area contributed by atoms with Crippen LogP contribution in [0.4, 0.5) is 4.39 Å². The van der Waals surface area contributed by atoms with E-state index < -0.39 is 6.10 Å². The third kappa shape index (κ3) is 4.16. The Bertz CT molecular complexity index is 1000. The van der Waals surface area contributed by atoms with Gasteiger partial charge >= 0.3 is 0 Å². The number of benzene rings is 2. The number of aliphatic hydroxyl groups excluding tert-OH is 1. The van der Waals surface area contributed by atoms with Crippen molar-refractivity contribution >= 4 is 17.5 Å². The molecule has 3 aromatic rings. The van der Waals surface area contributed by atoms with Gasteiger partial charge in [0.05, 0.1) is 23.0 Å². The number of aromatic nitrogens is 3. The lowest BCUT2D eigenvalue weighted by Crippen LogP contribution is -2.40. The predicted octanol–water partition coefficient (Wildman–Crippen LogP) is 3.65. The fourth-order valence-corrected chi connectivity index (χ4v) is 3.85. The number of nitrogens with zero attached hydrogens (tertiary/aromatic N) is 4. The van der Waals surface area contributed by atoms with Crippen molar-refractivity contribution in [2.45, 2.75) is 18.9 Å². The van der Waals surface area contributed by atoms with Crippen LogP contribution in [0.5, 0.6) is 0 Å². The molecule has 0 spiro atoms. The zero-order chi connectivity index (χ0) is 20.4. The van der Waals surface area contributed by atoms with E-state index in [0.717, 1.165) is 0 Å². The van der Waals surface area contributed by atoms with Gasteiger partial charge < -0.3 is 10.0 Å². The van der Waals surface area contributed by atoms with E-state index in [0.29, 0.717) is 42.2 Å². The lowest BCUT2D eigenvalue weighted by molar-refractivity contribution is 0.0458. The van der Waals surface area contributed by atoms with Crippen LogP contribution >= 0.6 is 11.6 Å². The van der Waals surface area contributed by atoms with E-state index in [1.165, 1.54) is 16.8 Å². The molecule has 1 unspecified atom stereocenters. The monoisotopic (exact) mass is 414 g/mol. The summed E-state index contributed by atoms with van der Waals surface area (Å²) in [6.45, 7) is 1.03. The van der Waals surface area contributed by atoms with E-state index >= 15 is 0 Å². The molecule has 2 aromatic carbocycles. The van der Waals surface area contributed by atoms with E-state index in [1.807, 2.05) is 12.1 Å². The molecule has 1 atom stereocenters. The van der Waals surface area contributed by atoms with Crippen LogP contribution in [0.3, 0.4) is 0 Å². The molecule has 8 heteroatoms. The number of hydrogen-bond donors (Lipinski definition) is 1. The van der Waals surface area contributed by atoms with Crippen molar-refractivity contribution in [2.75, 3.05) is 13.1 Å². The number of rotatable bonds is 4. The highest BCUT2D eigenvalue weighted by atomic mass is 35.5. The summed E-state index contributed by atoms with van der Waals surface area (Å²) in [7, 11) is 0. The van der Waals surface area contributed by atoms with Crippen LogP contribution in [0, 0.1) is 11.7 Å². The highest BCUT2D eigenvalue weighted by Gasteiger charge is 2.29. The average Bonchev–Trinajstić information content (AvgIpc) is 3.24. The minimum atomic E-state index is -0.672. The smallest absolute Gasteiger partial charge is 0.276 e. The molecule has 1 amide bonds. The molecule has 2 heterocycles. The molecule has 1 aliphatic heterocycles. The summed E-state index contributed by atoms with van der Waals surface area (Å²) in [4.78, 5) is 14.5. The summed E-state index contributed by atoms with van der Waals surface area (Å²) < 4.78 is 14.6. The van der Waals surface area contributed by atoms with Crippen LogP contribution in [-0.2, 0) is 0 Å². The molecule has 0 bridgehead atoms. The maximum Gasteiger partial charge on any atom is 0.276 e. The van der Waals surface area contributed by atoms with Gasteiger partial charge in [-0.2, -0.15) is 0 Å². The number of aliphatic hydroxyl groups is 1. The van der Waals surface area contributed by atoms with Crippen molar-refractivity contribution in [1.29, 1.82) is 0 Å². The third-order valence-corrected chi connectivity index (χ3v) is 5.62. The fraction of sp³-hybridized carbons (Fsp3) is 0.286. The molecule has 1 aliphatic rings. The SMILES string of the molecule is O=C(c1cn(-c2ccccc2Cl)nn1)N1CCC(C(O)c2ccc(F)cc2)CC1. The third-order valence-electron chi connectivity index (χ3n) is 5.30. The molecule has 150 valence electrons. The van der Waals surface area contributed by atoms with Crippen molar-refractivity contribution in [1.82, 2.24) is 19.9 Å². The minimum Gasteiger partial charge on any atom is -0.388 e.